The first-order valence-electron chi connectivity index (χ1n) is 10.8. The number of aromatic nitrogens is 2. The van der Waals surface area contributed by atoms with Gasteiger partial charge >= 0.3 is 0 Å². The topological polar surface area (TPSA) is 67.2 Å². The van der Waals surface area contributed by atoms with Crippen LogP contribution in [0.3, 0.4) is 0 Å². The van der Waals surface area contributed by atoms with Crippen LogP contribution < -0.4 is 5.32 Å². The van der Waals surface area contributed by atoms with E-state index in [2.05, 4.69) is 22.4 Å². The fourth-order valence-electron chi connectivity index (χ4n) is 4.55. The molecule has 0 bridgehead atoms. The summed E-state index contributed by atoms with van der Waals surface area (Å²) >= 11 is 0. The number of imidazole rings is 1. The van der Waals surface area contributed by atoms with Crippen molar-refractivity contribution in [3.63, 3.8) is 0 Å². The van der Waals surface area contributed by atoms with Crippen LogP contribution in [0, 0.1) is 5.92 Å². The lowest BCUT2D eigenvalue weighted by Crippen LogP contribution is -2.47. The molecule has 154 valence electrons. The molecule has 1 saturated heterocycles. The Balaban J connectivity index is 1.29. The zero-order valence-corrected chi connectivity index (χ0v) is 16.9. The first-order valence-corrected chi connectivity index (χ1v) is 10.8. The van der Waals surface area contributed by atoms with Crippen molar-refractivity contribution >= 4 is 11.8 Å². The van der Waals surface area contributed by atoms with Crippen LogP contribution in [-0.2, 0) is 22.7 Å². The molecule has 1 saturated carbocycles. The summed E-state index contributed by atoms with van der Waals surface area (Å²) in [4.78, 5) is 31.6. The predicted octanol–water partition coefficient (Wildman–Crippen LogP) is 3.12. The van der Waals surface area contributed by atoms with Crippen LogP contribution in [0.5, 0.6) is 0 Å². The highest BCUT2D eigenvalue weighted by molar-refractivity contribution is 5.89. The molecular weight excluding hydrogens is 364 g/mol. The molecule has 2 aliphatic rings. The Morgan fingerprint density at radius 1 is 1.00 bits per heavy atom. The minimum absolute atomic E-state index is 0.0193. The summed E-state index contributed by atoms with van der Waals surface area (Å²) in [6.45, 7) is 2.00. The summed E-state index contributed by atoms with van der Waals surface area (Å²) < 4.78 is 2.02. The van der Waals surface area contributed by atoms with Crippen molar-refractivity contribution in [3.05, 3.63) is 54.1 Å². The van der Waals surface area contributed by atoms with E-state index in [-0.39, 0.29) is 23.8 Å². The van der Waals surface area contributed by atoms with E-state index in [1.165, 1.54) is 12.0 Å². The number of carbonyl (C=O) groups excluding carboxylic acids is 2. The molecule has 4 rings (SSSR count). The quantitative estimate of drug-likeness (QED) is 0.819. The molecule has 0 radical (unpaired) electrons. The van der Waals surface area contributed by atoms with E-state index in [4.69, 9.17) is 0 Å². The first-order chi connectivity index (χ1) is 14.2. The molecule has 1 aliphatic heterocycles. The minimum Gasteiger partial charge on any atom is -0.350 e. The summed E-state index contributed by atoms with van der Waals surface area (Å²) in [5, 5.41) is 3.05. The lowest BCUT2D eigenvalue weighted by molar-refractivity contribution is -0.142. The predicted molar refractivity (Wildman–Crippen MR) is 111 cm³/mol. The van der Waals surface area contributed by atoms with Crippen molar-refractivity contribution in [2.24, 2.45) is 5.92 Å². The fourth-order valence-corrected chi connectivity index (χ4v) is 4.55. The van der Waals surface area contributed by atoms with E-state index < -0.39 is 0 Å². The molecule has 0 spiro atoms. The number of nitrogens with zero attached hydrogens (tertiary/aromatic N) is 3. The average molecular weight is 395 g/mol. The number of hydrogen-bond donors (Lipinski definition) is 1. The number of likely N-dealkylation sites (tertiary alicyclic amines) is 1. The Hall–Kier alpha value is -2.63. The van der Waals surface area contributed by atoms with Crippen LogP contribution >= 0.6 is 0 Å². The Morgan fingerprint density at radius 3 is 2.48 bits per heavy atom. The molecule has 2 amide bonds. The van der Waals surface area contributed by atoms with E-state index in [0.717, 1.165) is 57.2 Å². The van der Waals surface area contributed by atoms with E-state index >= 15 is 0 Å². The number of benzene rings is 1. The SMILES string of the molecule is O=C(NCc1ccc(Cn2ccnc2)cc1)[C@@H]1CCCN1C(=O)C1CCCCC1. The zero-order valence-electron chi connectivity index (χ0n) is 16.9. The third-order valence-corrected chi connectivity index (χ3v) is 6.21. The molecule has 2 fully saturated rings. The van der Waals surface area contributed by atoms with Crippen molar-refractivity contribution in [1.82, 2.24) is 19.8 Å². The number of nitrogens with one attached hydrogen (secondary N) is 1. The summed E-state index contributed by atoms with van der Waals surface area (Å²) in [6.07, 6.45) is 12.7. The number of hydrogen-bond acceptors (Lipinski definition) is 3. The average Bonchev–Trinajstić information content (AvgIpc) is 3.45. The van der Waals surface area contributed by atoms with E-state index in [1.54, 1.807) is 12.5 Å². The fraction of sp³-hybridized carbons (Fsp3) is 0.522. The molecule has 2 aromatic rings. The first kappa shape index (κ1) is 19.7. The molecule has 0 unspecified atom stereocenters. The van der Waals surface area contributed by atoms with Gasteiger partial charge in [-0.1, -0.05) is 43.5 Å². The largest absolute Gasteiger partial charge is 0.350 e. The molecule has 29 heavy (non-hydrogen) atoms. The highest BCUT2D eigenvalue weighted by Gasteiger charge is 2.37. The zero-order chi connectivity index (χ0) is 20.1. The lowest BCUT2D eigenvalue weighted by Gasteiger charge is -2.30. The molecule has 1 aromatic carbocycles. The Kier molecular flexibility index (Phi) is 6.27. The summed E-state index contributed by atoms with van der Waals surface area (Å²) in [5.74, 6) is 0.306. The van der Waals surface area contributed by atoms with Crippen molar-refractivity contribution in [2.45, 2.75) is 64.1 Å². The third kappa shape index (κ3) is 4.86. The molecule has 1 aliphatic carbocycles. The highest BCUT2D eigenvalue weighted by Crippen LogP contribution is 2.28. The standard InChI is InChI=1S/C23H30N4O2/c28-22(21-7-4-13-27(21)23(29)20-5-2-1-3-6-20)25-15-18-8-10-19(11-9-18)16-26-14-12-24-17-26/h8-12,14,17,20-21H,1-7,13,15-16H2,(H,25,28)/t21-/m0/s1. The van der Waals surface area contributed by atoms with Gasteiger partial charge in [0.2, 0.25) is 11.8 Å². The van der Waals surface area contributed by atoms with E-state index in [9.17, 15) is 9.59 Å². The minimum atomic E-state index is -0.301. The van der Waals surface area contributed by atoms with Crippen LogP contribution in [-0.4, -0.2) is 38.9 Å². The van der Waals surface area contributed by atoms with Gasteiger partial charge in [-0.15, -0.1) is 0 Å². The van der Waals surface area contributed by atoms with Crippen LogP contribution in [0.4, 0.5) is 0 Å². The summed E-state index contributed by atoms with van der Waals surface area (Å²) in [7, 11) is 0. The van der Waals surface area contributed by atoms with E-state index in [0.29, 0.717) is 6.54 Å². The van der Waals surface area contributed by atoms with Crippen LogP contribution in [0.1, 0.15) is 56.1 Å². The van der Waals surface area contributed by atoms with Gasteiger partial charge in [-0.25, -0.2) is 4.98 Å². The maximum Gasteiger partial charge on any atom is 0.243 e. The van der Waals surface area contributed by atoms with Gasteiger partial charge in [-0.2, -0.15) is 0 Å². The monoisotopic (exact) mass is 394 g/mol. The maximum atomic E-state index is 12.9. The van der Waals surface area contributed by atoms with E-state index in [1.807, 2.05) is 27.8 Å². The second-order valence-electron chi connectivity index (χ2n) is 8.29. The Labute approximate surface area is 172 Å². The van der Waals surface area contributed by atoms with Crippen molar-refractivity contribution in [1.29, 1.82) is 0 Å². The number of rotatable bonds is 6. The van der Waals surface area contributed by atoms with Gasteiger partial charge < -0.3 is 14.8 Å². The summed E-state index contributed by atoms with van der Waals surface area (Å²) in [6, 6.07) is 7.95. The lowest BCUT2D eigenvalue weighted by atomic mass is 9.88. The van der Waals surface area contributed by atoms with Crippen molar-refractivity contribution in [2.75, 3.05) is 6.54 Å². The van der Waals surface area contributed by atoms with Gasteiger partial charge in [-0.3, -0.25) is 9.59 Å². The van der Waals surface area contributed by atoms with Gasteiger partial charge in [-0.05, 0) is 36.8 Å². The number of amides is 2. The van der Waals surface area contributed by atoms with Gasteiger partial charge in [0.1, 0.15) is 6.04 Å². The van der Waals surface area contributed by atoms with Crippen LogP contribution in [0.25, 0.3) is 0 Å². The summed E-state index contributed by atoms with van der Waals surface area (Å²) in [5.41, 5.74) is 2.26. The van der Waals surface area contributed by atoms with Gasteiger partial charge in [0, 0.05) is 37.9 Å². The Bertz CT molecular complexity index is 810. The molecule has 1 aromatic heterocycles. The molecule has 6 heteroatoms. The third-order valence-electron chi connectivity index (χ3n) is 6.21. The molecule has 1 N–H and O–H groups in total. The highest BCUT2D eigenvalue weighted by atomic mass is 16.2. The molecule has 6 nitrogen and oxygen atoms in total. The second kappa shape index (κ2) is 9.25. The van der Waals surface area contributed by atoms with Crippen LogP contribution in [0.15, 0.2) is 43.0 Å². The Morgan fingerprint density at radius 2 is 1.76 bits per heavy atom. The maximum absolute atomic E-state index is 12.9. The second-order valence-corrected chi connectivity index (χ2v) is 8.29. The molecular formula is C23H30N4O2. The van der Waals surface area contributed by atoms with Gasteiger partial charge in [0.25, 0.3) is 0 Å². The normalized spacial score (nSPS) is 20.0. The van der Waals surface area contributed by atoms with Crippen LogP contribution in [0.2, 0.25) is 0 Å². The van der Waals surface area contributed by atoms with Crippen molar-refractivity contribution in [3.8, 4) is 0 Å². The van der Waals surface area contributed by atoms with Gasteiger partial charge in [0.05, 0.1) is 6.33 Å². The molecule has 1 atom stereocenters. The van der Waals surface area contributed by atoms with Crippen molar-refractivity contribution < 1.29 is 9.59 Å². The smallest absolute Gasteiger partial charge is 0.243 e. The number of carbonyl (C=O) groups is 2. The van der Waals surface area contributed by atoms with Gasteiger partial charge in [0.15, 0.2) is 0 Å². The molecule has 2 heterocycles.